The van der Waals surface area contributed by atoms with Gasteiger partial charge in [0, 0.05) is 21.8 Å². The van der Waals surface area contributed by atoms with Crippen molar-refractivity contribution in [3.63, 3.8) is 0 Å². The molecule has 0 saturated heterocycles. The average Bonchev–Trinajstić information content (AvgIpc) is 3.75. The number of hydrogen-bond donors (Lipinski definition) is 0. The molecule has 0 saturated carbocycles. The van der Waals surface area contributed by atoms with E-state index in [1.54, 1.807) is 0 Å². The molecule has 6 aromatic carbocycles. The Balaban J connectivity index is 1.26. The summed E-state index contributed by atoms with van der Waals surface area (Å²) in [5, 5.41) is 7.91. The number of benzene rings is 6. The lowest BCUT2D eigenvalue weighted by Crippen LogP contribution is -2.18. The predicted molar refractivity (Wildman–Crippen MR) is 191 cm³/mol. The lowest BCUT2D eigenvalue weighted by atomic mass is 9.81. The minimum Gasteiger partial charge on any atom is -0.320 e. The van der Waals surface area contributed by atoms with Crippen molar-refractivity contribution >= 4 is 21.8 Å². The normalized spacial score (nSPS) is 13.3. The first-order valence-electron chi connectivity index (χ1n) is 16.0. The summed E-state index contributed by atoms with van der Waals surface area (Å²) in [7, 11) is 0. The topological polar surface area (TPSA) is 22.8 Å². The van der Waals surface area contributed by atoms with E-state index in [1.807, 2.05) is 0 Å². The van der Waals surface area contributed by atoms with E-state index in [1.165, 1.54) is 55.2 Å². The molecule has 2 aromatic heterocycles. The van der Waals surface area contributed by atoms with Gasteiger partial charge in [-0.2, -0.15) is 5.10 Å². The number of rotatable bonds is 5. The van der Waals surface area contributed by atoms with Gasteiger partial charge in [-0.15, -0.1) is 0 Å². The molecule has 220 valence electrons. The summed E-state index contributed by atoms with van der Waals surface area (Å²) in [4.78, 5) is 0. The fourth-order valence-corrected chi connectivity index (χ4v) is 7.68. The van der Waals surface area contributed by atoms with Crippen LogP contribution in [0.25, 0.3) is 66.6 Å². The van der Waals surface area contributed by atoms with E-state index in [9.17, 15) is 0 Å². The Morgan fingerprint density at radius 2 is 1.22 bits per heavy atom. The van der Waals surface area contributed by atoms with Crippen molar-refractivity contribution in [1.29, 1.82) is 0 Å². The van der Waals surface area contributed by atoms with Crippen LogP contribution in [0.5, 0.6) is 0 Å². The molecule has 0 unspecified atom stereocenters. The molecule has 1 aliphatic rings. The molecule has 8 aromatic rings. The van der Waals surface area contributed by atoms with Gasteiger partial charge in [-0.05, 0) is 57.1 Å². The summed E-state index contributed by atoms with van der Waals surface area (Å²) >= 11 is 0. The van der Waals surface area contributed by atoms with E-state index < -0.39 is 0 Å². The molecule has 2 heterocycles. The van der Waals surface area contributed by atoms with E-state index in [2.05, 4.69) is 175 Å². The molecular formula is C43H33N3. The van der Waals surface area contributed by atoms with Gasteiger partial charge in [-0.25, -0.2) is 4.68 Å². The monoisotopic (exact) mass is 591 g/mol. The predicted octanol–water partition coefficient (Wildman–Crippen LogP) is 10.8. The average molecular weight is 592 g/mol. The quantitative estimate of drug-likeness (QED) is 0.195. The highest BCUT2D eigenvalue weighted by atomic mass is 15.3. The summed E-state index contributed by atoms with van der Waals surface area (Å²) in [5.74, 6) is 0. The Bertz CT molecular complexity index is 2410. The lowest BCUT2D eigenvalue weighted by Gasteiger charge is -2.24. The zero-order valence-electron chi connectivity index (χ0n) is 26.0. The first-order chi connectivity index (χ1) is 22.6. The number of hydrogen-bond acceptors (Lipinski definition) is 1. The second kappa shape index (κ2) is 10.2. The molecule has 9 rings (SSSR count). The van der Waals surface area contributed by atoms with Crippen molar-refractivity contribution in [2.75, 3.05) is 0 Å². The highest BCUT2D eigenvalue weighted by Gasteiger charge is 2.38. The Labute approximate surface area is 269 Å². The van der Waals surface area contributed by atoms with Crippen molar-refractivity contribution in [3.8, 4) is 44.8 Å². The fraction of sp³-hybridized carbons (Fsp3) is 0.0930. The number of nitrogens with zero attached hydrogens (tertiary/aromatic N) is 3. The summed E-state index contributed by atoms with van der Waals surface area (Å²) in [6.45, 7) is 5.34. The van der Waals surface area contributed by atoms with E-state index in [-0.39, 0.29) is 5.41 Å². The minimum atomic E-state index is -0.132. The van der Waals surface area contributed by atoms with Gasteiger partial charge in [0.1, 0.15) is 6.67 Å². The van der Waals surface area contributed by atoms with Gasteiger partial charge in [-0.1, -0.05) is 147 Å². The van der Waals surface area contributed by atoms with Gasteiger partial charge in [0.2, 0.25) is 0 Å². The fourth-order valence-electron chi connectivity index (χ4n) is 7.68. The molecule has 0 aliphatic heterocycles. The lowest BCUT2D eigenvalue weighted by molar-refractivity contribution is 0.575. The molecule has 0 amide bonds. The standard InChI is InChI=1S/C43H33N3/c1-43(2)37-22-11-9-20-33(37)35-24-25-36-34-21-10-12-23-39(34)45(42(36)41(35)43)28-46-40(30-16-7-4-8-17-30)27-38(44-46)32-19-13-18-31(26-32)29-14-5-3-6-15-29/h3-27H,28H2,1-2H3. The van der Waals surface area contributed by atoms with Crippen LogP contribution in [0.3, 0.4) is 0 Å². The van der Waals surface area contributed by atoms with Crippen molar-refractivity contribution in [1.82, 2.24) is 14.3 Å². The smallest absolute Gasteiger partial charge is 0.117 e. The van der Waals surface area contributed by atoms with Crippen LogP contribution in [0.2, 0.25) is 0 Å². The van der Waals surface area contributed by atoms with Crippen molar-refractivity contribution in [2.24, 2.45) is 0 Å². The Kier molecular flexibility index (Phi) is 5.91. The molecule has 0 bridgehead atoms. The van der Waals surface area contributed by atoms with Gasteiger partial charge in [-0.3, -0.25) is 0 Å². The Morgan fingerprint density at radius 3 is 2.04 bits per heavy atom. The summed E-state index contributed by atoms with van der Waals surface area (Å²) < 4.78 is 4.70. The highest BCUT2D eigenvalue weighted by molar-refractivity contribution is 6.12. The van der Waals surface area contributed by atoms with Crippen LogP contribution in [-0.2, 0) is 12.1 Å². The zero-order valence-corrected chi connectivity index (χ0v) is 26.0. The summed E-state index contributed by atoms with van der Waals surface area (Å²) in [5.41, 5.74) is 14.6. The molecule has 3 nitrogen and oxygen atoms in total. The van der Waals surface area contributed by atoms with Crippen LogP contribution in [0.1, 0.15) is 25.0 Å². The maximum Gasteiger partial charge on any atom is 0.117 e. The maximum absolute atomic E-state index is 5.35. The zero-order chi connectivity index (χ0) is 30.8. The molecule has 0 spiro atoms. The Morgan fingerprint density at radius 1 is 0.543 bits per heavy atom. The summed E-state index contributed by atoms with van der Waals surface area (Å²) in [6, 6.07) is 54.6. The third-order valence-electron chi connectivity index (χ3n) is 9.84. The molecule has 3 heteroatoms. The number of aromatic nitrogens is 3. The largest absolute Gasteiger partial charge is 0.320 e. The molecule has 46 heavy (non-hydrogen) atoms. The van der Waals surface area contributed by atoms with Crippen molar-refractivity contribution in [3.05, 3.63) is 163 Å². The van der Waals surface area contributed by atoms with Gasteiger partial charge in [0.25, 0.3) is 0 Å². The number of para-hydroxylation sites is 1. The highest BCUT2D eigenvalue weighted by Crippen LogP contribution is 2.52. The van der Waals surface area contributed by atoms with E-state index in [0.29, 0.717) is 6.67 Å². The first kappa shape index (κ1) is 26.7. The van der Waals surface area contributed by atoms with Crippen LogP contribution in [0, 0.1) is 0 Å². The second-order valence-corrected chi connectivity index (χ2v) is 12.9. The minimum absolute atomic E-state index is 0.132. The van der Waals surface area contributed by atoms with Gasteiger partial charge in [0.15, 0.2) is 0 Å². The number of fused-ring (bicyclic) bond motifs is 7. The third-order valence-corrected chi connectivity index (χ3v) is 9.84. The van der Waals surface area contributed by atoms with Crippen LogP contribution >= 0.6 is 0 Å². The molecule has 0 N–H and O–H groups in total. The second-order valence-electron chi connectivity index (χ2n) is 12.9. The van der Waals surface area contributed by atoms with Crippen LogP contribution in [0.4, 0.5) is 0 Å². The molecule has 1 aliphatic carbocycles. The first-order valence-corrected chi connectivity index (χ1v) is 16.0. The van der Waals surface area contributed by atoms with Gasteiger partial charge < -0.3 is 4.57 Å². The van der Waals surface area contributed by atoms with E-state index >= 15 is 0 Å². The van der Waals surface area contributed by atoms with Crippen molar-refractivity contribution in [2.45, 2.75) is 25.9 Å². The molecule has 0 fully saturated rings. The molecular weight excluding hydrogens is 558 g/mol. The van der Waals surface area contributed by atoms with Crippen molar-refractivity contribution < 1.29 is 0 Å². The van der Waals surface area contributed by atoms with Gasteiger partial charge >= 0.3 is 0 Å². The van der Waals surface area contributed by atoms with Crippen LogP contribution < -0.4 is 0 Å². The van der Waals surface area contributed by atoms with Crippen LogP contribution in [0.15, 0.2) is 152 Å². The van der Waals surface area contributed by atoms with E-state index in [4.69, 9.17) is 5.10 Å². The SMILES string of the molecule is CC1(C)c2ccccc2-c2ccc3c4ccccc4n(Cn4nc(-c5cccc(-c6ccccc6)c5)cc4-c4ccccc4)c3c21. The van der Waals surface area contributed by atoms with Gasteiger partial charge in [0.05, 0.1) is 22.4 Å². The Hall–Kier alpha value is -5.67. The third kappa shape index (κ3) is 4.02. The maximum atomic E-state index is 5.35. The van der Waals surface area contributed by atoms with Crippen LogP contribution in [-0.4, -0.2) is 14.3 Å². The molecule has 0 atom stereocenters. The summed E-state index contributed by atoms with van der Waals surface area (Å²) in [6.07, 6.45) is 0. The van der Waals surface area contributed by atoms with E-state index in [0.717, 1.165) is 22.5 Å². The molecule has 0 radical (unpaired) electrons.